The predicted octanol–water partition coefficient (Wildman–Crippen LogP) is 0.926. The molecule has 50 valence electrons. The third kappa shape index (κ3) is 0.586. The molecule has 2 aromatic rings. The Bertz CT molecular complexity index is 355. The normalized spacial score (nSPS) is 10.5. The molecular formula is C6H5N3O. The molecular weight excluding hydrogens is 130 g/mol. The molecule has 0 aromatic carbocycles. The van der Waals surface area contributed by atoms with Crippen molar-refractivity contribution < 1.29 is 4.42 Å². The van der Waals surface area contributed by atoms with Crippen molar-refractivity contribution in [3.8, 4) is 0 Å². The van der Waals surface area contributed by atoms with Crippen LogP contribution in [0.3, 0.4) is 0 Å². The van der Waals surface area contributed by atoms with E-state index in [1.807, 2.05) is 6.92 Å². The topological polar surface area (TPSA) is 51.8 Å². The molecule has 10 heavy (non-hydrogen) atoms. The molecule has 0 aliphatic heterocycles. The van der Waals surface area contributed by atoms with Crippen molar-refractivity contribution in [2.75, 3.05) is 0 Å². The third-order valence-electron chi connectivity index (χ3n) is 1.38. The molecule has 0 aliphatic rings. The van der Waals surface area contributed by atoms with Crippen molar-refractivity contribution in [3.05, 3.63) is 18.0 Å². The summed E-state index contributed by atoms with van der Waals surface area (Å²) in [5.74, 6) is 0. The summed E-state index contributed by atoms with van der Waals surface area (Å²) < 4.78 is 5.04. The molecule has 0 atom stereocenters. The van der Waals surface area contributed by atoms with Crippen LogP contribution < -0.4 is 0 Å². The first-order chi connectivity index (χ1) is 4.88. The van der Waals surface area contributed by atoms with Crippen LogP contribution in [0.2, 0.25) is 0 Å². The highest BCUT2D eigenvalue weighted by Crippen LogP contribution is 2.14. The first-order valence-electron chi connectivity index (χ1n) is 2.90. The zero-order valence-electron chi connectivity index (χ0n) is 5.40. The molecule has 0 bridgehead atoms. The molecule has 0 N–H and O–H groups in total. The van der Waals surface area contributed by atoms with Crippen LogP contribution in [0.5, 0.6) is 0 Å². The van der Waals surface area contributed by atoms with Gasteiger partial charge in [0.1, 0.15) is 0 Å². The van der Waals surface area contributed by atoms with Crippen molar-refractivity contribution in [2.24, 2.45) is 0 Å². The minimum absolute atomic E-state index is 0.549. The van der Waals surface area contributed by atoms with Gasteiger partial charge in [0.2, 0.25) is 5.71 Å². The van der Waals surface area contributed by atoms with E-state index in [1.54, 1.807) is 12.5 Å². The van der Waals surface area contributed by atoms with E-state index in [0.717, 1.165) is 10.9 Å². The molecule has 2 rings (SSSR count). The highest BCUT2D eigenvalue weighted by molar-refractivity contribution is 5.75. The third-order valence-corrected chi connectivity index (χ3v) is 1.38. The van der Waals surface area contributed by atoms with Crippen LogP contribution in [0.4, 0.5) is 0 Å². The van der Waals surface area contributed by atoms with Crippen LogP contribution in [0.1, 0.15) is 5.56 Å². The number of aromatic nitrogens is 3. The minimum Gasteiger partial charge on any atom is -0.445 e. The molecule has 0 unspecified atom stereocenters. The average molecular weight is 135 g/mol. The Balaban J connectivity index is 2.93. The summed E-state index contributed by atoms with van der Waals surface area (Å²) in [5.41, 5.74) is 1.59. The fourth-order valence-electron chi connectivity index (χ4n) is 0.824. The van der Waals surface area contributed by atoms with Crippen molar-refractivity contribution in [1.29, 1.82) is 0 Å². The van der Waals surface area contributed by atoms with Gasteiger partial charge in [-0.3, -0.25) is 0 Å². The summed E-state index contributed by atoms with van der Waals surface area (Å²) >= 11 is 0. The molecule has 4 nitrogen and oxygen atoms in total. The van der Waals surface area contributed by atoms with Gasteiger partial charge in [-0.05, 0) is 17.7 Å². The van der Waals surface area contributed by atoms with Crippen LogP contribution in [0, 0.1) is 6.92 Å². The van der Waals surface area contributed by atoms with Gasteiger partial charge in [-0.2, -0.15) is 0 Å². The number of hydrogen-bond donors (Lipinski definition) is 0. The van der Waals surface area contributed by atoms with Gasteiger partial charge in [-0.15, -0.1) is 5.10 Å². The van der Waals surface area contributed by atoms with Gasteiger partial charge < -0.3 is 4.42 Å². The first kappa shape index (κ1) is 5.34. The fourth-order valence-corrected chi connectivity index (χ4v) is 0.824. The molecule has 4 heteroatoms. The molecule has 0 amide bonds. The summed E-state index contributed by atoms with van der Waals surface area (Å²) in [4.78, 5) is 0. The van der Waals surface area contributed by atoms with Gasteiger partial charge in [0.25, 0.3) is 0 Å². The largest absolute Gasteiger partial charge is 0.445 e. The van der Waals surface area contributed by atoms with Crippen LogP contribution in [0.15, 0.2) is 16.9 Å². The highest BCUT2D eigenvalue weighted by atomic mass is 16.3. The maximum atomic E-state index is 5.04. The van der Waals surface area contributed by atoms with Crippen molar-refractivity contribution >= 4 is 11.1 Å². The number of hydrogen-bond acceptors (Lipinski definition) is 4. The molecule has 2 aromatic heterocycles. The monoisotopic (exact) mass is 135 g/mol. The van der Waals surface area contributed by atoms with Gasteiger partial charge in [-0.1, -0.05) is 5.10 Å². The molecule has 0 radical (unpaired) electrons. The number of nitrogens with zero attached hydrogens (tertiary/aromatic N) is 3. The van der Waals surface area contributed by atoms with Crippen LogP contribution in [0.25, 0.3) is 11.1 Å². The molecule has 0 saturated heterocycles. The Kier molecular flexibility index (Phi) is 0.943. The summed E-state index contributed by atoms with van der Waals surface area (Å²) in [6.45, 7) is 1.94. The van der Waals surface area contributed by atoms with Crippen LogP contribution in [-0.2, 0) is 0 Å². The van der Waals surface area contributed by atoms with Gasteiger partial charge in [0.15, 0.2) is 0 Å². The Morgan fingerprint density at radius 2 is 2.40 bits per heavy atom. The summed E-state index contributed by atoms with van der Waals surface area (Å²) in [6.07, 6.45) is 3.28. The first-order valence-corrected chi connectivity index (χ1v) is 2.90. The van der Waals surface area contributed by atoms with Crippen LogP contribution in [-0.4, -0.2) is 15.4 Å². The lowest BCUT2D eigenvalue weighted by atomic mass is 10.3. The summed E-state index contributed by atoms with van der Waals surface area (Å²) in [6, 6.07) is 0. The average Bonchev–Trinajstić information content (AvgIpc) is 2.34. The number of aryl methyl sites for hydroxylation is 1. The lowest BCUT2D eigenvalue weighted by Crippen LogP contribution is -1.83. The lowest BCUT2D eigenvalue weighted by Gasteiger charge is -1.81. The zero-order chi connectivity index (χ0) is 6.97. The van der Waals surface area contributed by atoms with Gasteiger partial charge in [0.05, 0.1) is 17.8 Å². The van der Waals surface area contributed by atoms with E-state index >= 15 is 0 Å². The van der Waals surface area contributed by atoms with Gasteiger partial charge in [-0.25, -0.2) is 0 Å². The van der Waals surface area contributed by atoms with Crippen molar-refractivity contribution in [3.63, 3.8) is 0 Å². The summed E-state index contributed by atoms with van der Waals surface area (Å²) in [7, 11) is 0. The van der Waals surface area contributed by atoms with Crippen molar-refractivity contribution in [1.82, 2.24) is 15.4 Å². The second kappa shape index (κ2) is 1.76. The van der Waals surface area contributed by atoms with E-state index < -0.39 is 0 Å². The quantitative estimate of drug-likeness (QED) is 0.539. The number of fused-ring (bicyclic) bond motifs is 1. The molecule has 2 heterocycles. The second-order valence-electron chi connectivity index (χ2n) is 2.07. The number of furan rings is 1. The van der Waals surface area contributed by atoms with Crippen molar-refractivity contribution in [2.45, 2.75) is 6.92 Å². The van der Waals surface area contributed by atoms with E-state index in [0.29, 0.717) is 5.71 Å². The van der Waals surface area contributed by atoms with E-state index in [2.05, 4.69) is 15.4 Å². The van der Waals surface area contributed by atoms with Crippen LogP contribution >= 0.6 is 0 Å². The van der Waals surface area contributed by atoms with Gasteiger partial charge in [0, 0.05) is 0 Å². The molecule has 0 fully saturated rings. The number of rotatable bonds is 0. The smallest absolute Gasteiger partial charge is 0.249 e. The Labute approximate surface area is 56.9 Å². The minimum atomic E-state index is 0.549. The van der Waals surface area contributed by atoms with E-state index in [9.17, 15) is 0 Å². The predicted molar refractivity (Wildman–Crippen MR) is 34.3 cm³/mol. The lowest BCUT2D eigenvalue weighted by molar-refractivity contribution is 0.590. The Morgan fingerprint density at radius 1 is 1.50 bits per heavy atom. The maximum Gasteiger partial charge on any atom is 0.249 e. The fraction of sp³-hybridized carbons (Fsp3) is 0.167. The van der Waals surface area contributed by atoms with E-state index in [4.69, 9.17) is 4.42 Å². The molecule has 0 spiro atoms. The Hall–Kier alpha value is -1.45. The zero-order valence-corrected chi connectivity index (χ0v) is 5.40. The van der Waals surface area contributed by atoms with E-state index in [-0.39, 0.29) is 0 Å². The molecule has 0 aliphatic carbocycles. The summed E-state index contributed by atoms with van der Waals surface area (Å²) in [5, 5.41) is 11.7. The standard InChI is InChI=1S/C6H5N3O/c1-4-3-10-6-5(4)2-7-9-8-6/h2-3H,1H3. The van der Waals surface area contributed by atoms with E-state index in [1.165, 1.54) is 0 Å². The van der Waals surface area contributed by atoms with Gasteiger partial charge >= 0.3 is 0 Å². The SMILES string of the molecule is Cc1coc2nnncc12. The second-order valence-corrected chi connectivity index (χ2v) is 2.07. The Morgan fingerprint density at radius 3 is 3.20 bits per heavy atom. The highest BCUT2D eigenvalue weighted by Gasteiger charge is 2.00. The molecule has 0 saturated carbocycles. The maximum absolute atomic E-state index is 5.04.